The maximum absolute atomic E-state index is 13.3. The average molecular weight is 362 g/mol. The second-order valence-electron chi connectivity index (χ2n) is 5.51. The number of carbonyl (C=O) groups excluding carboxylic acids is 1. The molecule has 0 radical (unpaired) electrons. The molecule has 2 aromatic carbocycles. The third kappa shape index (κ3) is 3.46. The van der Waals surface area contributed by atoms with E-state index in [2.05, 4.69) is 10.3 Å². The standard InChI is InChI=1S/C17H13ClFN3O3/c1-9-6-10(18)2-4-12(9)20-15(23)8-22-14-5-3-11(19)7-13(14)21-16(24)17(22)25/h2-7H,8H2,1H3,(H,20,23)(H,21,24). The highest BCUT2D eigenvalue weighted by atomic mass is 35.5. The molecule has 0 bridgehead atoms. The number of anilines is 1. The molecule has 1 amide bonds. The van der Waals surface area contributed by atoms with Crippen molar-refractivity contribution in [1.82, 2.24) is 9.55 Å². The summed E-state index contributed by atoms with van der Waals surface area (Å²) in [6.07, 6.45) is 0. The lowest BCUT2D eigenvalue weighted by atomic mass is 10.2. The maximum atomic E-state index is 13.3. The first-order chi connectivity index (χ1) is 11.8. The van der Waals surface area contributed by atoms with Crippen LogP contribution in [0.15, 0.2) is 46.0 Å². The summed E-state index contributed by atoms with van der Waals surface area (Å²) in [5.41, 5.74) is -0.113. The summed E-state index contributed by atoms with van der Waals surface area (Å²) in [4.78, 5) is 38.4. The molecule has 3 aromatic rings. The molecule has 25 heavy (non-hydrogen) atoms. The molecule has 0 fully saturated rings. The SMILES string of the molecule is Cc1cc(Cl)ccc1NC(=O)Cn1c(=O)c(=O)[nH]c2cc(F)ccc21. The molecule has 128 valence electrons. The van der Waals surface area contributed by atoms with Crippen LogP contribution in [0.2, 0.25) is 5.02 Å². The van der Waals surface area contributed by atoms with Crippen LogP contribution in [0.3, 0.4) is 0 Å². The molecule has 0 aliphatic rings. The van der Waals surface area contributed by atoms with Gasteiger partial charge < -0.3 is 10.3 Å². The van der Waals surface area contributed by atoms with Gasteiger partial charge in [0.25, 0.3) is 0 Å². The third-order valence-electron chi connectivity index (χ3n) is 3.70. The third-order valence-corrected chi connectivity index (χ3v) is 3.94. The summed E-state index contributed by atoms with van der Waals surface area (Å²) in [5.74, 6) is -1.06. The molecule has 1 aromatic heterocycles. The molecule has 0 atom stereocenters. The number of carbonyl (C=O) groups is 1. The number of fused-ring (bicyclic) bond motifs is 1. The maximum Gasteiger partial charge on any atom is 0.317 e. The number of halogens is 2. The van der Waals surface area contributed by atoms with Gasteiger partial charge in [-0.05, 0) is 48.9 Å². The van der Waals surface area contributed by atoms with Crippen molar-refractivity contribution in [1.29, 1.82) is 0 Å². The van der Waals surface area contributed by atoms with E-state index in [-0.39, 0.29) is 17.6 Å². The summed E-state index contributed by atoms with van der Waals surface area (Å²) < 4.78 is 14.3. The van der Waals surface area contributed by atoms with Crippen LogP contribution in [0.1, 0.15) is 5.56 Å². The van der Waals surface area contributed by atoms with Gasteiger partial charge in [0.2, 0.25) is 5.91 Å². The molecule has 8 heteroatoms. The number of hydrogen-bond donors (Lipinski definition) is 2. The minimum absolute atomic E-state index is 0.139. The minimum atomic E-state index is -0.923. The van der Waals surface area contributed by atoms with Gasteiger partial charge in [-0.1, -0.05) is 11.6 Å². The quantitative estimate of drug-likeness (QED) is 0.703. The van der Waals surface area contributed by atoms with E-state index >= 15 is 0 Å². The van der Waals surface area contributed by atoms with E-state index in [0.717, 1.165) is 22.3 Å². The number of nitrogens with one attached hydrogen (secondary N) is 2. The van der Waals surface area contributed by atoms with Gasteiger partial charge in [-0.3, -0.25) is 19.0 Å². The lowest BCUT2D eigenvalue weighted by Crippen LogP contribution is -2.38. The van der Waals surface area contributed by atoms with Crippen molar-refractivity contribution in [2.75, 3.05) is 5.32 Å². The second kappa shape index (κ2) is 6.52. The molecule has 0 unspecified atom stereocenters. The summed E-state index contributed by atoms with van der Waals surface area (Å²) in [7, 11) is 0. The van der Waals surface area contributed by atoms with E-state index in [1.807, 2.05) is 0 Å². The van der Waals surface area contributed by atoms with Crippen molar-refractivity contribution in [3.05, 3.63) is 73.5 Å². The molecule has 1 heterocycles. The molecule has 3 rings (SSSR count). The lowest BCUT2D eigenvalue weighted by Gasteiger charge is -2.12. The second-order valence-corrected chi connectivity index (χ2v) is 5.95. The first-order valence-corrected chi connectivity index (χ1v) is 7.71. The molecule has 2 N–H and O–H groups in total. The van der Waals surface area contributed by atoms with Gasteiger partial charge in [-0.2, -0.15) is 0 Å². The van der Waals surface area contributed by atoms with Gasteiger partial charge >= 0.3 is 11.1 Å². The molecule has 0 aliphatic heterocycles. The van der Waals surface area contributed by atoms with E-state index in [1.54, 1.807) is 25.1 Å². The highest BCUT2D eigenvalue weighted by molar-refractivity contribution is 6.30. The van der Waals surface area contributed by atoms with Gasteiger partial charge in [0, 0.05) is 10.7 Å². The number of aromatic amines is 1. The van der Waals surface area contributed by atoms with Crippen LogP contribution in [-0.4, -0.2) is 15.5 Å². The Bertz CT molecular complexity index is 1100. The Morgan fingerprint density at radius 2 is 2.00 bits per heavy atom. The largest absolute Gasteiger partial charge is 0.324 e. The Kier molecular flexibility index (Phi) is 4.41. The first kappa shape index (κ1) is 16.9. The predicted molar refractivity (Wildman–Crippen MR) is 93.6 cm³/mol. The number of nitrogens with zero attached hydrogens (tertiary/aromatic N) is 1. The smallest absolute Gasteiger partial charge is 0.317 e. The van der Waals surface area contributed by atoms with Crippen LogP contribution in [0.5, 0.6) is 0 Å². The Balaban J connectivity index is 1.97. The van der Waals surface area contributed by atoms with E-state index in [4.69, 9.17) is 11.6 Å². The van der Waals surface area contributed by atoms with Gasteiger partial charge in [0.05, 0.1) is 11.0 Å². The fraction of sp³-hybridized carbons (Fsp3) is 0.118. The van der Waals surface area contributed by atoms with Gasteiger partial charge in [-0.15, -0.1) is 0 Å². The zero-order valence-electron chi connectivity index (χ0n) is 13.1. The molecule has 6 nitrogen and oxygen atoms in total. The van der Waals surface area contributed by atoms with Crippen molar-refractivity contribution in [3.63, 3.8) is 0 Å². The van der Waals surface area contributed by atoms with Crippen molar-refractivity contribution >= 4 is 34.2 Å². The fourth-order valence-electron chi connectivity index (χ4n) is 2.51. The Hall–Kier alpha value is -2.93. The highest BCUT2D eigenvalue weighted by Crippen LogP contribution is 2.19. The monoisotopic (exact) mass is 361 g/mol. The summed E-state index contributed by atoms with van der Waals surface area (Å²) in [6, 6.07) is 8.54. The number of benzene rings is 2. The molecular formula is C17H13ClFN3O3. The van der Waals surface area contributed by atoms with Crippen molar-refractivity contribution < 1.29 is 9.18 Å². The molecule has 0 aliphatic carbocycles. The van der Waals surface area contributed by atoms with E-state index in [0.29, 0.717) is 10.7 Å². The number of H-pyrrole nitrogens is 1. The summed E-state index contributed by atoms with van der Waals surface area (Å²) in [5, 5.41) is 3.20. The van der Waals surface area contributed by atoms with Crippen LogP contribution >= 0.6 is 11.6 Å². The number of aryl methyl sites for hydroxylation is 1. The zero-order valence-corrected chi connectivity index (χ0v) is 13.9. The van der Waals surface area contributed by atoms with Crippen LogP contribution < -0.4 is 16.4 Å². The highest BCUT2D eigenvalue weighted by Gasteiger charge is 2.13. The Labute approximate surface area is 145 Å². The van der Waals surface area contributed by atoms with E-state index < -0.39 is 22.8 Å². The van der Waals surface area contributed by atoms with Crippen LogP contribution in [0.25, 0.3) is 11.0 Å². The Morgan fingerprint density at radius 1 is 1.24 bits per heavy atom. The van der Waals surface area contributed by atoms with Gasteiger partial charge in [0.1, 0.15) is 12.4 Å². The van der Waals surface area contributed by atoms with E-state index in [1.165, 1.54) is 6.07 Å². The van der Waals surface area contributed by atoms with E-state index in [9.17, 15) is 18.8 Å². The summed E-state index contributed by atoms with van der Waals surface area (Å²) >= 11 is 5.87. The molecule has 0 saturated heterocycles. The fourth-order valence-corrected chi connectivity index (χ4v) is 2.74. The van der Waals surface area contributed by atoms with Gasteiger partial charge in [0.15, 0.2) is 0 Å². The van der Waals surface area contributed by atoms with Crippen LogP contribution in [0, 0.1) is 12.7 Å². The number of aromatic nitrogens is 2. The Morgan fingerprint density at radius 3 is 2.72 bits per heavy atom. The summed E-state index contributed by atoms with van der Waals surface area (Å²) in [6.45, 7) is 1.39. The zero-order chi connectivity index (χ0) is 18.1. The topological polar surface area (TPSA) is 84.0 Å². The average Bonchev–Trinajstić information content (AvgIpc) is 2.54. The predicted octanol–water partition coefficient (Wildman–Crippen LogP) is 2.43. The van der Waals surface area contributed by atoms with Crippen molar-refractivity contribution in [2.24, 2.45) is 0 Å². The van der Waals surface area contributed by atoms with Crippen LogP contribution in [-0.2, 0) is 11.3 Å². The molecule has 0 spiro atoms. The molecular weight excluding hydrogens is 349 g/mol. The molecule has 0 saturated carbocycles. The minimum Gasteiger partial charge on any atom is -0.324 e. The number of hydrogen-bond acceptors (Lipinski definition) is 3. The lowest BCUT2D eigenvalue weighted by molar-refractivity contribution is -0.116. The van der Waals surface area contributed by atoms with Crippen molar-refractivity contribution in [3.8, 4) is 0 Å². The number of amides is 1. The van der Waals surface area contributed by atoms with Crippen molar-refractivity contribution in [2.45, 2.75) is 13.5 Å². The van der Waals surface area contributed by atoms with Gasteiger partial charge in [-0.25, -0.2) is 4.39 Å². The normalized spacial score (nSPS) is 10.8. The van der Waals surface area contributed by atoms with Crippen LogP contribution in [0.4, 0.5) is 10.1 Å². The first-order valence-electron chi connectivity index (χ1n) is 7.33. The number of rotatable bonds is 3.